The molecule has 0 aliphatic carbocycles. The first-order valence-corrected chi connectivity index (χ1v) is 8.42. The molecule has 0 unspecified atom stereocenters. The van der Waals surface area contributed by atoms with Crippen molar-refractivity contribution in [1.82, 2.24) is 9.88 Å². The minimum absolute atomic E-state index is 0.0383. The van der Waals surface area contributed by atoms with E-state index < -0.39 is 0 Å². The Labute approximate surface area is 145 Å². The predicted octanol–water partition coefficient (Wildman–Crippen LogP) is 4.40. The van der Waals surface area contributed by atoms with Crippen LogP contribution in [0.25, 0.3) is 10.9 Å². The van der Waals surface area contributed by atoms with Gasteiger partial charge in [-0.2, -0.15) is 0 Å². The third-order valence-corrected chi connectivity index (χ3v) is 4.85. The highest BCUT2D eigenvalue weighted by molar-refractivity contribution is 6.31. The monoisotopic (exact) mass is 336 g/mol. The summed E-state index contributed by atoms with van der Waals surface area (Å²) in [6.45, 7) is 3.28. The van der Waals surface area contributed by atoms with Gasteiger partial charge in [0.2, 0.25) is 0 Å². The number of carbonyl (C=O) groups excluding carboxylic acids is 1. The van der Waals surface area contributed by atoms with Crippen LogP contribution in [0.3, 0.4) is 0 Å². The highest BCUT2D eigenvalue weighted by atomic mass is 35.5. The van der Waals surface area contributed by atoms with Gasteiger partial charge < -0.3 is 4.90 Å². The molecule has 24 heavy (non-hydrogen) atoms. The first kappa shape index (κ1) is 15.2. The van der Waals surface area contributed by atoms with Crippen LogP contribution in [-0.4, -0.2) is 22.3 Å². The largest absolute Gasteiger partial charge is 0.334 e. The molecule has 1 amide bonds. The Morgan fingerprint density at radius 1 is 1.12 bits per heavy atom. The van der Waals surface area contributed by atoms with Crippen LogP contribution in [0.15, 0.2) is 48.5 Å². The number of nitrogens with zero attached hydrogens (tertiary/aromatic N) is 2. The van der Waals surface area contributed by atoms with Crippen molar-refractivity contribution in [2.24, 2.45) is 0 Å². The molecule has 3 aromatic rings. The summed E-state index contributed by atoms with van der Waals surface area (Å²) in [7, 11) is 0. The lowest BCUT2D eigenvalue weighted by atomic mass is 9.99. The van der Waals surface area contributed by atoms with Gasteiger partial charge in [-0.05, 0) is 48.7 Å². The smallest absolute Gasteiger partial charge is 0.256 e. The van der Waals surface area contributed by atoms with Crippen molar-refractivity contribution in [2.45, 2.75) is 19.9 Å². The van der Waals surface area contributed by atoms with Crippen molar-refractivity contribution in [1.29, 1.82) is 0 Å². The zero-order valence-corrected chi connectivity index (χ0v) is 14.2. The molecular formula is C20H17ClN2O. The summed E-state index contributed by atoms with van der Waals surface area (Å²) < 4.78 is 0. The first-order chi connectivity index (χ1) is 11.6. The van der Waals surface area contributed by atoms with Crippen LogP contribution < -0.4 is 0 Å². The Hall–Kier alpha value is -2.39. The Kier molecular flexibility index (Phi) is 3.73. The molecule has 4 rings (SSSR count). The number of halogens is 1. The zero-order chi connectivity index (χ0) is 16.7. The van der Waals surface area contributed by atoms with Crippen molar-refractivity contribution in [3.05, 3.63) is 75.9 Å². The van der Waals surface area contributed by atoms with Crippen molar-refractivity contribution in [3.63, 3.8) is 0 Å². The van der Waals surface area contributed by atoms with Crippen LogP contribution in [0.5, 0.6) is 0 Å². The summed E-state index contributed by atoms with van der Waals surface area (Å²) in [5, 5.41) is 1.55. The molecule has 1 aliphatic rings. The van der Waals surface area contributed by atoms with E-state index in [1.54, 1.807) is 0 Å². The topological polar surface area (TPSA) is 33.2 Å². The fourth-order valence-electron chi connectivity index (χ4n) is 3.30. The van der Waals surface area contributed by atoms with E-state index in [9.17, 15) is 4.79 Å². The van der Waals surface area contributed by atoms with Gasteiger partial charge in [0.1, 0.15) is 0 Å². The Balaban J connectivity index is 1.70. The molecule has 2 aromatic carbocycles. The number of rotatable bonds is 1. The summed E-state index contributed by atoms with van der Waals surface area (Å²) in [6.07, 6.45) is 0.897. The lowest BCUT2D eigenvalue weighted by Gasteiger charge is -2.29. The second-order valence-corrected chi connectivity index (χ2v) is 6.64. The van der Waals surface area contributed by atoms with Crippen molar-refractivity contribution in [3.8, 4) is 0 Å². The zero-order valence-electron chi connectivity index (χ0n) is 13.4. The molecule has 0 saturated carbocycles. The van der Waals surface area contributed by atoms with Crippen molar-refractivity contribution >= 4 is 28.4 Å². The highest BCUT2D eigenvalue weighted by Gasteiger charge is 2.23. The molecule has 0 spiro atoms. The van der Waals surface area contributed by atoms with Crippen molar-refractivity contribution in [2.75, 3.05) is 6.54 Å². The summed E-state index contributed by atoms with van der Waals surface area (Å²) in [5.41, 5.74) is 4.84. The molecule has 3 nitrogen and oxygen atoms in total. The second kappa shape index (κ2) is 5.91. The minimum Gasteiger partial charge on any atom is -0.334 e. The Bertz CT molecular complexity index is 952. The number of hydrogen-bond donors (Lipinski definition) is 0. The molecule has 1 aliphatic heterocycles. The molecule has 0 N–H and O–H groups in total. The number of aromatic nitrogens is 1. The molecule has 1 aromatic heterocycles. The molecule has 2 heterocycles. The van der Waals surface area contributed by atoms with E-state index in [1.807, 2.05) is 42.2 Å². The summed E-state index contributed by atoms with van der Waals surface area (Å²) >= 11 is 6.07. The van der Waals surface area contributed by atoms with Crippen LogP contribution in [0.4, 0.5) is 0 Å². The molecule has 0 radical (unpaired) electrons. The summed E-state index contributed by atoms with van der Waals surface area (Å²) in [4.78, 5) is 19.5. The summed E-state index contributed by atoms with van der Waals surface area (Å²) in [5.74, 6) is 0.0383. The van der Waals surface area contributed by atoms with Gasteiger partial charge >= 0.3 is 0 Å². The fourth-order valence-corrected chi connectivity index (χ4v) is 3.48. The highest BCUT2D eigenvalue weighted by Crippen LogP contribution is 2.24. The van der Waals surface area contributed by atoms with E-state index in [2.05, 4.69) is 23.2 Å². The number of pyridine rings is 1. The van der Waals surface area contributed by atoms with Gasteiger partial charge in [-0.3, -0.25) is 9.78 Å². The fraction of sp³-hybridized carbons (Fsp3) is 0.200. The molecule has 0 atom stereocenters. The molecular weight excluding hydrogens is 320 g/mol. The van der Waals surface area contributed by atoms with E-state index in [1.165, 1.54) is 11.1 Å². The third-order valence-electron chi connectivity index (χ3n) is 4.62. The number of fused-ring (bicyclic) bond motifs is 2. The van der Waals surface area contributed by atoms with Gasteiger partial charge in [-0.1, -0.05) is 35.9 Å². The molecule has 0 fully saturated rings. The number of hydrogen-bond acceptors (Lipinski definition) is 2. The number of amides is 1. The Morgan fingerprint density at radius 3 is 2.75 bits per heavy atom. The van der Waals surface area contributed by atoms with Crippen molar-refractivity contribution < 1.29 is 4.79 Å². The lowest BCUT2D eigenvalue weighted by molar-refractivity contribution is 0.0733. The van der Waals surface area contributed by atoms with Gasteiger partial charge in [0.25, 0.3) is 5.91 Å². The maximum atomic E-state index is 13.0. The van der Waals surface area contributed by atoms with Gasteiger partial charge in [0, 0.05) is 23.5 Å². The average Bonchev–Trinajstić information content (AvgIpc) is 2.60. The van der Waals surface area contributed by atoms with Gasteiger partial charge in [0.05, 0.1) is 16.8 Å². The maximum absolute atomic E-state index is 13.0. The SMILES string of the molecule is Cc1nc2ccc(Cl)cc2cc1C(=O)N1CCc2ccccc2C1. The lowest BCUT2D eigenvalue weighted by Crippen LogP contribution is -2.36. The van der Waals surface area contributed by atoms with E-state index in [4.69, 9.17) is 11.6 Å². The molecule has 4 heteroatoms. The van der Waals surface area contributed by atoms with Gasteiger partial charge in [-0.25, -0.2) is 0 Å². The average molecular weight is 337 g/mol. The number of benzene rings is 2. The van der Waals surface area contributed by atoms with E-state index in [0.29, 0.717) is 17.1 Å². The summed E-state index contributed by atoms with van der Waals surface area (Å²) in [6, 6.07) is 15.8. The maximum Gasteiger partial charge on any atom is 0.256 e. The van der Waals surface area contributed by atoms with Crippen LogP contribution in [0.2, 0.25) is 5.02 Å². The van der Waals surface area contributed by atoms with E-state index in [0.717, 1.165) is 29.6 Å². The Morgan fingerprint density at radius 2 is 1.92 bits per heavy atom. The normalized spacial score (nSPS) is 13.8. The van der Waals surface area contributed by atoms with Crippen LogP contribution in [-0.2, 0) is 13.0 Å². The molecule has 0 saturated heterocycles. The minimum atomic E-state index is 0.0383. The van der Waals surface area contributed by atoms with Crippen LogP contribution in [0.1, 0.15) is 27.2 Å². The standard InChI is InChI=1S/C20H17ClN2O/c1-13-18(11-16-10-17(21)6-7-19(16)22-13)20(24)23-9-8-14-4-2-3-5-15(14)12-23/h2-7,10-11H,8-9,12H2,1H3. The molecule has 120 valence electrons. The third kappa shape index (κ3) is 2.65. The van der Waals surface area contributed by atoms with Gasteiger partial charge in [-0.15, -0.1) is 0 Å². The van der Waals surface area contributed by atoms with E-state index >= 15 is 0 Å². The second-order valence-electron chi connectivity index (χ2n) is 6.20. The first-order valence-electron chi connectivity index (χ1n) is 8.05. The number of aryl methyl sites for hydroxylation is 1. The number of carbonyl (C=O) groups is 1. The van der Waals surface area contributed by atoms with Crippen LogP contribution in [0, 0.1) is 6.92 Å². The molecule has 0 bridgehead atoms. The van der Waals surface area contributed by atoms with Gasteiger partial charge in [0.15, 0.2) is 0 Å². The van der Waals surface area contributed by atoms with E-state index in [-0.39, 0.29) is 5.91 Å². The quantitative estimate of drug-likeness (QED) is 0.660. The predicted molar refractivity (Wildman–Crippen MR) is 96.4 cm³/mol. The van der Waals surface area contributed by atoms with Crippen LogP contribution >= 0.6 is 11.6 Å².